The average Bonchev–Trinajstić information content (AvgIpc) is 2.09. The minimum absolute atomic E-state index is 0.0925. The van der Waals surface area contributed by atoms with E-state index in [4.69, 9.17) is 5.73 Å². The zero-order chi connectivity index (χ0) is 11.5. The van der Waals surface area contributed by atoms with E-state index in [1.807, 2.05) is 0 Å². The molecule has 15 heavy (non-hydrogen) atoms. The summed E-state index contributed by atoms with van der Waals surface area (Å²) in [6.07, 6.45) is 0.973. The van der Waals surface area contributed by atoms with Gasteiger partial charge >= 0.3 is 0 Å². The summed E-state index contributed by atoms with van der Waals surface area (Å²) in [5.74, 6) is 0. The van der Waals surface area contributed by atoms with Crippen LogP contribution in [0.25, 0.3) is 0 Å². The van der Waals surface area contributed by atoms with E-state index in [2.05, 4.69) is 51.2 Å². The molecule has 0 saturated carbocycles. The zero-order valence-corrected chi connectivity index (χ0v) is 10.2. The highest BCUT2D eigenvalue weighted by Gasteiger charge is 2.09. The number of nitrogens with one attached hydrogen (secondary N) is 1. The van der Waals surface area contributed by atoms with Crippen LogP contribution >= 0.6 is 0 Å². The van der Waals surface area contributed by atoms with E-state index in [0.29, 0.717) is 0 Å². The molecular formula is C13H22N2. The lowest BCUT2D eigenvalue weighted by atomic mass is 10.0. The maximum absolute atomic E-state index is 5.93. The van der Waals surface area contributed by atoms with E-state index in [0.717, 1.165) is 13.0 Å². The van der Waals surface area contributed by atoms with E-state index in [1.54, 1.807) is 0 Å². The third kappa shape index (κ3) is 4.34. The Kier molecular flexibility index (Phi) is 3.75. The van der Waals surface area contributed by atoms with Gasteiger partial charge in [-0.3, -0.25) is 0 Å². The molecule has 0 atom stereocenters. The fourth-order valence-corrected chi connectivity index (χ4v) is 1.45. The second-order valence-corrected chi connectivity index (χ2v) is 4.98. The number of benzene rings is 1. The van der Waals surface area contributed by atoms with Crippen molar-refractivity contribution in [1.29, 1.82) is 0 Å². The van der Waals surface area contributed by atoms with Crippen molar-refractivity contribution in [2.24, 2.45) is 5.73 Å². The van der Waals surface area contributed by atoms with Gasteiger partial charge in [-0.15, -0.1) is 0 Å². The first kappa shape index (κ1) is 12.1. The molecule has 0 bridgehead atoms. The molecule has 0 spiro atoms. The Morgan fingerprint density at radius 2 is 1.93 bits per heavy atom. The molecule has 1 rings (SSSR count). The highest BCUT2D eigenvalue weighted by molar-refractivity contribution is 5.52. The van der Waals surface area contributed by atoms with Crippen molar-refractivity contribution in [1.82, 2.24) is 0 Å². The number of anilines is 1. The summed E-state index contributed by atoms with van der Waals surface area (Å²) in [6, 6.07) is 6.46. The van der Waals surface area contributed by atoms with Crippen LogP contribution in [-0.4, -0.2) is 12.1 Å². The standard InChI is InChI=1S/C13H22N2/c1-10-5-6-11(2)12(9-10)15-8-7-13(3,4)14/h5-6,9,15H,7-8,14H2,1-4H3. The second kappa shape index (κ2) is 4.67. The SMILES string of the molecule is Cc1ccc(C)c(NCCC(C)(C)N)c1. The molecule has 0 aliphatic rings. The summed E-state index contributed by atoms with van der Waals surface area (Å²) < 4.78 is 0. The summed E-state index contributed by atoms with van der Waals surface area (Å²) in [5, 5.41) is 3.43. The monoisotopic (exact) mass is 206 g/mol. The van der Waals surface area contributed by atoms with Crippen LogP contribution in [0.5, 0.6) is 0 Å². The van der Waals surface area contributed by atoms with Crippen molar-refractivity contribution in [3.05, 3.63) is 29.3 Å². The number of rotatable bonds is 4. The van der Waals surface area contributed by atoms with E-state index < -0.39 is 0 Å². The minimum atomic E-state index is -0.0925. The van der Waals surface area contributed by atoms with Crippen molar-refractivity contribution in [3.63, 3.8) is 0 Å². The van der Waals surface area contributed by atoms with Crippen molar-refractivity contribution in [2.75, 3.05) is 11.9 Å². The Balaban J connectivity index is 2.54. The van der Waals surface area contributed by atoms with Crippen LogP contribution in [0.2, 0.25) is 0 Å². The zero-order valence-electron chi connectivity index (χ0n) is 10.2. The lowest BCUT2D eigenvalue weighted by Crippen LogP contribution is -2.34. The normalized spacial score (nSPS) is 11.5. The summed E-state index contributed by atoms with van der Waals surface area (Å²) in [7, 11) is 0. The van der Waals surface area contributed by atoms with Gasteiger partial charge in [-0.2, -0.15) is 0 Å². The highest BCUT2D eigenvalue weighted by atomic mass is 14.9. The van der Waals surface area contributed by atoms with Gasteiger partial charge in [0.25, 0.3) is 0 Å². The summed E-state index contributed by atoms with van der Waals surface area (Å²) in [6.45, 7) is 9.26. The first-order valence-electron chi connectivity index (χ1n) is 5.48. The predicted molar refractivity (Wildman–Crippen MR) is 67.3 cm³/mol. The fraction of sp³-hybridized carbons (Fsp3) is 0.538. The molecule has 0 heterocycles. The number of hydrogen-bond donors (Lipinski definition) is 2. The average molecular weight is 206 g/mol. The molecule has 1 aromatic carbocycles. The van der Waals surface area contributed by atoms with Crippen LogP contribution in [0.1, 0.15) is 31.4 Å². The largest absolute Gasteiger partial charge is 0.385 e. The van der Waals surface area contributed by atoms with Gasteiger partial charge in [0.2, 0.25) is 0 Å². The summed E-state index contributed by atoms with van der Waals surface area (Å²) >= 11 is 0. The van der Waals surface area contributed by atoms with Gasteiger partial charge in [0.15, 0.2) is 0 Å². The molecule has 0 saturated heterocycles. The Bertz CT molecular complexity index is 324. The lowest BCUT2D eigenvalue weighted by molar-refractivity contribution is 0.491. The molecule has 84 valence electrons. The fourth-order valence-electron chi connectivity index (χ4n) is 1.45. The predicted octanol–water partition coefficient (Wildman–Crippen LogP) is 2.84. The molecular weight excluding hydrogens is 184 g/mol. The van der Waals surface area contributed by atoms with Gasteiger partial charge in [-0.1, -0.05) is 12.1 Å². The van der Waals surface area contributed by atoms with Gasteiger partial charge in [0, 0.05) is 17.8 Å². The van der Waals surface area contributed by atoms with Gasteiger partial charge in [0.05, 0.1) is 0 Å². The molecule has 0 aromatic heterocycles. The molecule has 0 radical (unpaired) electrons. The van der Waals surface area contributed by atoms with Gasteiger partial charge in [-0.25, -0.2) is 0 Å². The van der Waals surface area contributed by atoms with Gasteiger partial charge in [-0.05, 0) is 51.3 Å². The van der Waals surface area contributed by atoms with Gasteiger partial charge < -0.3 is 11.1 Å². The van der Waals surface area contributed by atoms with E-state index >= 15 is 0 Å². The number of hydrogen-bond acceptors (Lipinski definition) is 2. The van der Waals surface area contributed by atoms with Crippen LogP contribution in [0.4, 0.5) is 5.69 Å². The Morgan fingerprint density at radius 3 is 2.53 bits per heavy atom. The van der Waals surface area contributed by atoms with Crippen molar-refractivity contribution in [2.45, 2.75) is 39.7 Å². The lowest BCUT2D eigenvalue weighted by Gasteiger charge is -2.19. The molecule has 0 fully saturated rings. The first-order chi connectivity index (χ1) is 6.88. The summed E-state index contributed by atoms with van der Waals surface area (Å²) in [5.41, 5.74) is 9.63. The molecule has 1 aromatic rings. The molecule has 3 N–H and O–H groups in total. The van der Waals surface area contributed by atoms with Crippen molar-refractivity contribution >= 4 is 5.69 Å². The number of aryl methyl sites for hydroxylation is 2. The molecule has 0 amide bonds. The third-order valence-corrected chi connectivity index (χ3v) is 2.48. The minimum Gasteiger partial charge on any atom is -0.385 e. The van der Waals surface area contributed by atoms with Crippen LogP contribution in [0.15, 0.2) is 18.2 Å². The Hall–Kier alpha value is -1.02. The van der Waals surface area contributed by atoms with Crippen molar-refractivity contribution in [3.8, 4) is 0 Å². The van der Waals surface area contributed by atoms with Crippen LogP contribution in [0.3, 0.4) is 0 Å². The molecule has 2 nitrogen and oxygen atoms in total. The molecule has 2 heteroatoms. The Morgan fingerprint density at radius 1 is 1.27 bits per heavy atom. The van der Waals surface area contributed by atoms with Crippen LogP contribution in [0, 0.1) is 13.8 Å². The smallest absolute Gasteiger partial charge is 0.0372 e. The maximum Gasteiger partial charge on any atom is 0.0372 e. The summed E-state index contributed by atoms with van der Waals surface area (Å²) in [4.78, 5) is 0. The highest BCUT2D eigenvalue weighted by Crippen LogP contribution is 2.16. The van der Waals surface area contributed by atoms with E-state index in [9.17, 15) is 0 Å². The molecule has 0 aliphatic heterocycles. The second-order valence-electron chi connectivity index (χ2n) is 4.98. The Labute approximate surface area is 92.9 Å². The van der Waals surface area contributed by atoms with E-state index in [1.165, 1.54) is 16.8 Å². The quantitative estimate of drug-likeness (QED) is 0.795. The van der Waals surface area contributed by atoms with Crippen LogP contribution < -0.4 is 11.1 Å². The molecule has 0 aliphatic carbocycles. The van der Waals surface area contributed by atoms with Gasteiger partial charge in [0.1, 0.15) is 0 Å². The maximum atomic E-state index is 5.93. The van der Waals surface area contributed by atoms with Crippen molar-refractivity contribution < 1.29 is 0 Å². The van der Waals surface area contributed by atoms with Crippen LogP contribution in [-0.2, 0) is 0 Å². The number of nitrogens with two attached hydrogens (primary N) is 1. The third-order valence-electron chi connectivity index (χ3n) is 2.48. The topological polar surface area (TPSA) is 38.0 Å². The first-order valence-corrected chi connectivity index (χ1v) is 5.48. The molecule has 0 unspecified atom stereocenters. The van der Waals surface area contributed by atoms with E-state index in [-0.39, 0.29) is 5.54 Å².